The molecule has 3 aromatic rings. The van der Waals surface area contributed by atoms with Gasteiger partial charge in [-0.2, -0.15) is 9.78 Å². The molecule has 11 heteroatoms. The van der Waals surface area contributed by atoms with Crippen LogP contribution in [-0.4, -0.2) is 41.7 Å². The van der Waals surface area contributed by atoms with Crippen molar-refractivity contribution in [2.45, 2.75) is 33.3 Å². The van der Waals surface area contributed by atoms with Crippen molar-refractivity contribution in [1.82, 2.24) is 9.66 Å². The van der Waals surface area contributed by atoms with Gasteiger partial charge in [0, 0.05) is 20.9 Å². The Hall–Kier alpha value is -2.24. The number of benzene rings is 2. The normalized spacial score (nSPS) is 12.2. The molecule has 0 N–H and O–H groups in total. The number of nitrogens with zero attached hydrogens (tertiary/aromatic N) is 3. The zero-order chi connectivity index (χ0) is 25.0. The summed E-state index contributed by atoms with van der Waals surface area (Å²) in [4.78, 5) is 29.6. The van der Waals surface area contributed by atoms with E-state index in [1.54, 1.807) is 25.1 Å². The molecule has 0 amide bonds. The molecular weight excluding hydrogens is 638 g/mol. The van der Waals surface area contributed by atoms with Crippen molar-refractivity contribution in [3.63, 3.8) is 0 Å². The maximum atomic E-state index is 13.1. The lowest BCUT2D eigenvalue weighted by Gasteiger charge is -2.19. The maximum absolute atomic E-state index is 13.1. The lowest BCUT2D eigenvalue weighted by Crippen LogP contribution is -2.25. The second-order valence-electron chi connectivity index (χ2n) is 7.04. The molecule has 0 aliphatic rings. The molecule has 0 aliphatic heterocycles. The van der Waals surface area contributed by atoms with Crippen molar-refractivity contribution in [3.8, 4) is 11.5 Å². The van der Waals surface area contributed by atoms with Crippen LogP contribution in [0.1, 0.15) is 32.2 Å². The molecule has 3 rings (SSSR count). The van der Waals surface area contributed by atoms with E-state index in [-0.39, 0.29) is 5.56 Å². The van der Waals surface area contributed by atoms with E-state index < -0.39 is 12.1 Å². The van der Waals surface area contributed by atoms with Gasteiger partial charge in [0.25, 0.3) is 5.56 Å². The zero-order valence-corrected chi connectivity index (χ0v) is 23.7. The van der Waals surface area contributed by atoms with Gasteiger partial charge in [-0.25, -0.2) is 9.78 Å². The Morgan fingerprint density at radius 3 is 2.59 bits per heavy atom. The number of aryl methyl sites for hydroxylation is 1. The number of hydrogen-bond acceptors (Lipinski definition) is 7. The highest BCUT2D eigenvalue weighted by Crippen LogP contribution is 2.43. The van der Waals surface area contributed by atoms with Crippen LogP contribution in [-0.2, 0) is 16.0 Å². The minimum atomic E-state index is -0.847. The first-order chi connectivity index (χ1) is 16.2. The number of halogens is 3. The molecule has 0 bridgehead atoms. The monoisotopic (exact) mass is 657 g/mol. The van der Waals surface area contributed by atoms with Gasteiger partial charge in [0.15, 0.2) is 17.6 Å². The average molecular weight is 660 g/mol. The van der Waals surface area contributed by atoms with Gasteiger partial charge in [0.1, 0.15) is 5.82 Å². The summed E-state index contributed by atoms with van der Waals surface area (Å²) in [5.74, 6) is 0.756. The zero-order valence-electron chi connectivity index (χ0n) is 18.9. The van der Waals surface area contributed by atoms with E-state index in [1.165, 1.54) is 18.0 Å². The largest absolute Gasteiger partial charge is 0.490 e. The van der Waals surface area contributed by atoms with Crippen LogP contribution in [0.3, 0.4) is 0 Å². The molecule has 2 aromatic carbocycles. The van der Waals surface area contributed by atoms with Gasteiger partial charge in [-0.1, -0.05) is 22.9 Å². The number of hydrogen-bond donors (Lipinski definition) is 0. The summed E-state index contributed by atoms with van der Waals surface area (Å²) < 4.78 is 19.5. The SMILES string of the molecule is CCOc1cc(C=Nn2c(CC)nc3ccc(Br)cc3c2=O)c(Br)c(Br)c1O[C@H](C)C(=O)OC. The van der Waals surface area contributed by atoms with Gasteiger partial charge in [-0.05, 0) is 70.0 Å². The fraction of sp³-hybridized carbons (Fsp3) is 0.304. The summed E-state index contributed by atoms with van der Waals surface area (Å²) in [6, 6.07) is 7.08. The topological polar surface area (TPSA) is 92.0 Å². The van der Waals surface area contributed by atoms with Gasteiger partial charge in [-0.3, -0.25) is 4.79 Å². The summed E-state index contributed by atoms with van der Waals surface area (Å²) in [6.45, 7) is 5.70. The smallest absolute Gasteiger partial charge is 0.346 e. The highest BCUT2D eigenvalue weighted by atomic mass is 79.9. The number of esters is 1. The lowest BCUT2D eigenvalue weighted by molar-refractivity contribution is -0.148. The summed E-state index contributed by atoms with van der Waals surface area (Å²) in [5.41, 5.74) is 0.962. The number of fused-ring (bicyclic) bond motifs is 1. The first kappa shape index (κ1) is 26.4. The Bertz CT molecular complexity index is 1320. The standard InChI is InChI=1S/C23H22Br3N3O5/c1-5-18-28-16-8-7-14(24)10-15(16)22(30)29(18)27-11-13-9-17(33-6-2)21(20(26)19(13)25)34-12(3)23(31)32-4/h7-12H,5-6H2,1-4H3/t12-/m1/s1. The minimum Gasteiger partial charge on any atom is -0.490 e. The van der Waals surface area contributed by atoms with Gasteiger partial charge in [-0.15, -0.1) is 0 Å². The van der Waals surface area contributed by atoms with E-state index in [2.05, 4.69) is 57.9 Å². The van der Waals surface area contributed by atoms with Crippen LogP contribution in [0.5, 0.6) is 11.5 Å². The molecule has 1 heterocycles. The molecule has 0 radical (unpaired) electrons. The molecule has 1 atom stereocenters. The van der Waals surface area contributed by atoms with Gasteiger partial charge in [0.2, 0.25) is 0 Å². The van der Waals surface area contributed by atoms with Crippen molar-refractivity contribution < 1.29 is 19.0 Å². The van der Waals surface area contributed by atoms with Crippen LogP contribution < -0.4 is 15.0 Å². The predicted octanol–water partition coefficient (Wildman–Crippen LogP) is 5.47. The third-order valence-corrected chi connectivity index (χ3v) is 7.42. The molecule has 0 aliphatic carbocycles. The number of carbonyl (C=O) groups is 1. The second-order valence-corrected chi connectivity index (χ2v) is 9.54. The molecule has 0 saturated heterocycles. The van der Waals surface area contributed by atoms with Crippen LogP contribution >= 0.6 is 47.8 Å². The van der Waals surface area contributed by atoms with E-state index in [0.717, 1.165) is 4.47 Å². The lowest BCUT2D eigenvalue weighted by atomic mass is 10.2. The fourth-order valence-corrected chi connectivity index (χ4v) is 4.40. The number of rotatable bonds is 8. The quantitative estimate of drug-likeness (QED) is 0.235. The van der Waals surface area contributed by atoms with Crippen LogP contribution in [0.25, 0.3) is 10.9 Å². The Morgan fingerprint density at radius 2 is 1.94 bits per heavy atom. The highest BCUT2D eigenvalue weighted by Gasteiger charge is 2.23. The van der Waals surface area contributed by atoms with Crippen molar-refractivity contribution in [2.24, 2.45) is 5.10 Å². The van der Waals surface area contributed by atoms with Crippen LogP contribution in [0.4, 0.5) is 0 Å². The number of aromatic nitrogens is 2. The average Bonchev–Trinajstić information content (AvgIpc) is 2.83. The van der Waals surface area contributed by atoms with E-state index in [1.807, 2.05) is 19.9 Å². The molecular formula is C23H22Br3N3O5. The second kappa shape index (κ2) is 11.5. The number of carbonyl (C=O) groups excluding carboxylic acids is 1. The predicted molar refractivity (Wildman–Crippen MR) is 141 cm³/mol. The molecule has 0 saturated carbocycles. The summed E-state index contributed by atoms with van der Waals surface area (Å²) in [7, 11) is 1.29. The molecule has 0 spiro atoms. The van der Waals surface area contributed by atoms with Gasteiger partial charge >= 0.3 is 5.97 Å². The van der Waals surface area contributed by atoms with Gasteiger partial charge < -0.3 is 14.2 Å². The first-order valence-electron chi connectivity index (χ1n) is 10.4. The first-order valence-corrected chi connectivity index (χ1v) is 12.7. The van der Waals surface area contributed by atoms with Crippen molar-refractivity contribution in [1.29, 1.82) is 0 Å². The van der Waals surface area contributed by atoms with Crippen LogP contribution in [0.2, 0.25) is 0 Å². The Labute approximate surface area is 221 Å². The minimum absolute atomic E-state index is 0.272. The molecule has 0 fully saturated rings. The molecule has 0 unspecified atom stereocenters. The van der Waals surface area contributed by atoms with Gasteiger partial charge in [0.05, 0.1) is 35.3 Å². The Balaban J connectivity index is 2.10. The third-order valence-electron chi connectivity index (χ3n) is 4.79. The summed E-state index contributed by atoms with van der Waals surface area (Å²) in [5, 5.41) is 4.90. The number of ether oxygens (including phenoxy) is 3. The van der Waals surface area contributed by atoms with E-state index >= 15 is 0 Å². The van der Waals surface area contributed by atoms with E-state index in [9.17, 15) is 9.59 Å². The van der Waals surface area contributed by atoms with Crippen LogP contribution in [0, 0.1) is 0 Å². The highest BCUT2D eigenvalue weighted by molar-refractivity contribution is 9.13. The van der Waals surface area contributed by atoms with Crippen molar-refractivity contribution in [3.05, 3.63) is 59.4 Å². The Morgan fingerprint density at radius 1 is 1.21 bits per heavy atom. The molecule has 34 heavy (non-hydrogen) atoms. The molecule has 180 valence electrons. The molecule has 8 nitrogen and oxygen atoms in total. The number of methoxy groups -OCH3 is 1. The third kappa shape index (κ3) is 5.52. The van der Waals surface area contributed by atoms with E-state index in [4.69, 9.17) is 14.2 Å². The summed E-state index contributed by atoms with van der Waals surface area (Å²) >= 11 is 10.4. The van der Waals surface area contributed by atoms with E-state index in [0.29, 0.717) is 55.8 Å². The fourth-order valence-electron chi connectivity index (χ4n) is 3.12. The van der Waals surface area contributed by atoms with Crippen molar-refractivity contribution >= 4 is 70.9 Å². The van der Waals surface area contributed by atoms with Crippen LogP contribution in [0.15, 0.2) is 47.6 Å². The Kier molecular flexibility index (Phi) is 8.89. The summed E-state index contributed by atoms with van der Waals surface area (Å²) in [6.07, 6.45) is 1.21. The van der Waals surface area contributed by atoms with Crippen molar-refractivity contribution in [2.75, 3.05) is 13.7 Å². The maximum Gasteiger partial charge on any atom is 0.346 e. The molecule has 1 aromatic heterocycles.